The Morgan fingerprint density at radius 1 is 1.39 bits per heavy atom. The van der Waals surface area contributed by atoms with Gasteiger partial charge in [0.2, 0.25) is 5.95 Å². The van der Waals surface area contributed by atoms with Gasteiger partial charge in [-0.15, -0.1) is 0 Å². The molecule has 2 heterocycles. The van der Waals surface area contributed by atoms with E-state index in [0.717, 1.165) is 18.8 Å². The first-order chi connectivity index (χ1) is 8.74. The van der Waals surface area contributed by atoms with Gasteiger partial charge < -0.3 is 16.1 Å². The van der Waals surface area contributed by atoms with Gasteiger partial charge in [0, 0.05) is 18.7 Å². The number of hydrogen-bond donors (Lipinski definition) is 3. The number of rotatable bonds is 3. The molecule has 1 unspecified atom stereocenters. The van der Waals surface area contributed by atoms with Gasteiger partial charge in [-0.05, 0) is 19.3 Å². The van der Waals surface area contributed by atoms with Crippen molar-refractivity contribution < 1.29 is 0 Å². The average Bonchev–Trinajstić information content (AvgIpc) is 2.62. The molecule has 0 aliphatic carbocycles. The Balaban J connectivity index is 2.29. The third-order valence-electron chi connectivity index (χ3n) is 3.52. The first kappa shape index (κ1) is 12.9. The van der Waals surface area contributed by atoms with Gasteiger partial charge in [-0.25, -0.2) is 5.84 Å². The van der Waals surface area contributed by atoms with E-state index in [4.69, 9.17) is 11.6 Å². The molecule has 1 aromatic rings. The van der Waals surface area contributed by atoms with E-state index >= 15 is 0 Å². The number of hydrogen-bond acceptors (Lipinski definition) is 6. The average molecular weight is 250 g/mol. The third kappa shape index (κ3) is 2.81. The molecule has 0 saturated carbocycles. The Kier molecular flexibility index (Phi) is 4.19. The van der Waals surface area contributed by atoms with E-state index < -0.39 is 0 Å². The van der Waals surface area contributed by atoms with E-state index in [2.05, 4.69) is 27.2 Å². The number of nitrogen functional groups attached to an aromatic ring is 2. The standard InChI is InChI=1S/C12H22N6/c1-2-9-6-4-3-5-7-18(9)11-8-10(17-14)15-12(13)16-11/h8-9H,2-7,14H2,1H3,(H3,13,15,16,17). The van der Waals surface area contributed by atoms with Crippen LogP contribution in [0.1, 0.15) is 39.0 Å². The molecule has 0 spiro atoms. The van der Waals surface area contributed by atoms with Crippen molar-refractivity contribution in [2.75, 3.05) is 22.6 Å². The van der Waals surface area contributed by atoms with Crippen molar-refractivity contribution in [3.8, 4) is 0 Å². The van der Waals surface area contributed by atoms with E-state index in [1.807, 2.05) is 6.07 Å². The molecule has 0 aromatic carbocycles. The van der Waals surface area contributed by atoms with Crippen LogP contribution in [0.25, 0.3) is 0 Å². The van der Waals surface area contributed by atoms with Gasteiger partial charge in [-0.1, -0.05) is 19.8 Å². The maximum atomic E-state index is 5.72. The van der Waals surface area contributed by atoms with Crippen molar-refractivity contribution in [2.45, 2.75) is 45.1 Å². The molecular weight excluding hydrogens is 228 g/mol. The molecule has 1 aliphatic rings. The minimum atomic E-state index is 0.263. The van der Waals surface area contributed by atoms with Gasteiger partial charge >= 0.3 is 0 Å². The Labute approximate surface area is 108 Å². The van der Waals surface area contributed by atoms with Crippen molar-refractivity contribution in [3.63, 3.8) is 0 Å². The summed E-state index contributed by atoms with van der Waals surface area (Å²) in [6.07, 6.45) is 6.11. The SMILES string of the molecule is CCC1CCCCCN1c1cc(NN)nc(N)n1. The van der Waals surface area contributed by atoms with Gasteiger partial charge in [0.1, 0.15) is 11.6 Å². The number of hydrazine groups is 1. The lowest BCUT2D eigenvalue weighted by atomic mass is 10.1. The van der Waals surface area contributed by atoms with Crippen LogP contribution >= 0.6 is 0 Å². The van der Waals surface area contributed by atoms with Crippen molar-refractivity contribution in [2.24, 2.45) is 5.84 Å². The quantitative estimate of drug-likeness (QED) is 0.556. The zero-order valence-electron chi connectivity index (χ0n) is 10.9. The Hall–Kier alpha value is -1.56. The molecular formula is C12H22N6. The summed E-state index contributed by atoms with van der Waals surface area (Å²) >= 11 is 0. The van der Waals surface area contributed by atoms with Crippen LogP contribution in [0.2, 0.25) is 0 Å². The highest BCUT2D eigenvalue weighted by Gasteiger charge is 2.21. The summed E-state index contributed by atoms with van der Waals surface area (Å²) in [7, 11) is 0. The normalized spacial score (nSPS) is 20.6. The summed E-state index contributed by atoms with van der Waals surface area (Å²) in [5.41, 5.74) is 8.26. The first-order valence-corrected chi connectivity index (χ1v) is 6.62. The summed E-state index contributed by atoms with van der Waals surface area (Å²) in [5, 5.41) is 0. The largest absolute Gasteiger partial charge is 0.368 e. The van der Waals surface area contributed by atoms with E-state index in [1.54, 1.807) is 0 Å². The first-order valence-electron chi connectivity index (χ1n) is 6.62. The zero-order chi connectivity index (χ0) is 13.0. The molecule has 1 saturated heterocycles. The molecule has 6 heteroatoms. The monoisotopic (exact) mass is 250 g/mol. The molecule has 5 N–H and O–H groups in total. The molecule has 6 nitrogen and oxygen atoms in total. The van der Waals surface area contributed by atoms with Gasteiger partial charge in [0.25, 0.3) is 0 Å². The van der Waals surface area contributed by atoms with Crippen LogP contribution in [0.15, 0.2) is 6.07 Å². The predicted octanol–water partition coefficient (Wildman–Crippen LogP) is 1.50. The summed E-state index contributed by atoms with van der Waals surface area (Å²) in [6.45, 7) is 3.24. The van der Waals surface area contributed by atoms with Crippen molar-refractivity contribution in [1.82, 2.24) is 9.97 Å². The smallest absolute Gasteiger partial charge is 0.223 e. The van der Waals surface area contributed by atoms with E-state index in [1.165, 1.54) is 25.7 Å². The molecule has 0 radical (unpaired) electrons. The second kappa shape index (κ2) is 5.86. The van der Waals surface area contributed by atoms with Gasteiger partial charge in [0.15, 0.2) is 0 Å². The second-order valence-electron chi connectivity index (χ2n) is 4.72. The zero-order valence-corrected chi connectivity index (χ0v) is 10.9. The maximum Gasteiger partial charge on any atom is 0.223 e. The lowest BCUT2D eigenvalue weighted by Crippen LogP contribution is -2.35. The summed E-state index contributed by atoms with van der Waals surface area (Å²) in [5.74, 6) is 7.11. The summed E-state index contributed by atoms with van der Waals surface area (Å²) in [6, 6.07) is 2.40. The van der Waals surface area contributed by atoms with E-state index in [0.29, 0.717) is 11.9 Å². The van der Waals surface area contributed by atoms with E-state index in [9.17, 15) is 0 Å². The Morgan fingerprint density at radius 2 is 2.22 bits per heavy atom. The topological polar surface area (TPSA) is 93.1 Å². The lowest BCUT2D eigenvalue weighted by molar-refractivity contribution is 0.552. The predicted molar refractivity (Wildman–Crippen MR) is 74.1 cm³/mol. The van der Waals surface area contributed by atoms with Crippen LogP contribution in [-0.4, -0.2) is 22.6 Å². The molecule has 0 bridgehead atoms. The van der Waals surface area contributed by atoms with Crippen LogP contribution in [0.3, 0.4) is 0 Å². The number of nitrogens with zero attached hydrogens (tertiary/aromatic N) is 3. The maximum absolute atomic E-state index is 5.72. The fourth-order valence-corrected chi connectivity index (χ4v) is 2.58. The van der Waals surface area contributed by atoms with Crippen LogP contribution < -0.4 is 21.9 Å². The van der Waals surface area contributed by atoms with Crippen LogP contribution in [0.5, 0.6) is 0 Å². The molecule has 100 valence electrons. The van der Waals surface area contributed by atoms with Gasteiger partial charge in [0.05, 0.1) is 0 Å². The molecule has 1 fully saturated rings. The number of anilines is 3. The molecule has 1 aliphatic heterocycles. The van der Waals surface area contributed by atoms with Crippen LogP contribution in [-0.2, 0) is 0 Å². The number of aromatic nitrogens is 2. The van der Waals surface area contributed by atoms with Crippen LogP contribution in [0, 0.1) is 0 Å². The highest BCUT2D eigenvalue weighted by Crippen LogP contribution is 2.26. The molecule has 0 amide bonds. The van der Waals surface area contributed by atoms with Gasteiger partial charge in [-0.2, -0.15) is 9.97 Å². The van der Waals surface area contributed by atoms with Crippen molar-refractivity contribution in [1.29, 1.82) is 0 Å². The minimum Gasteiger partial charge on any atom is -0.368 e. The van der Waals surface area contributed by atoms with E-state index in [-0.39, 0.29) is 5.95 Å². The van der Waals surface area contributed by atoms with Crippen molar-refractivity contribution >= 4 is 17.6 Å². The highest BCUT2D eigenvalue weighted by molar-refractivity contribution is 5.52. The summed E-state index contributed by atoms with van der Waals surface area (Å²) in [4.78, 5) is 10.7. The highest BCUT2D eigenvalue weighted by atomic mass is 15.3. The molecule has 2 rings (SSSR count). The molecule has 18 heavy (non-hydrogen) atoms. The Bertz CT molecular complexity index is 394. The fourth-order valence-electron chi connectivity index (χ4n) is 2.58. The minimum absolute atomic E-state index is 0.263. The van der Waals surface area contributed by atoms with Crippen molar-refractivity contribution in [3.05, 3.63) is 6.07 Å². The van der Waals surface area contributed by atoms with Crippen LogP contribution in [0.4, 0.5) is 17.6 Å². The molecule has 1 atom stereocenters. The number of nitrogens with two attached hydrogens (primary N) is 2. The lowest BCUT2D eigenvalue weighted by Gasteiger charge is -2.30. The second-order valence-corrected chi connectivity index (χ2v) is 4.72. The summed E-state index contributed by atoms with van der Waals surface area (Å²) < 4.78 is 0. The number of nitrogens with one attached hydrogen (secondary N) is 1. The Morgan fingerprint density at radius 3 is 2.94 bits per heavy atom. The third-order valence-corrected chi connectivity index (χ3v) is 3.52. The fraction of sp³-hybridized carbons (Fsp3) is 0.667. The van der Waals surface area contributed by atoms with Gasteiger partial charge in [-0.3, -0.25) is 0 Å². The molecule has 1 aromatic heterocycles.